The first-order valence-corrected chi connectivity index (χ1v) is 8.40. The van der Waals surface area contributed by atoms with Gasteiger partial charge in [-0.3, -0.25) is 9.98 Å². The van der Waals surface area contributed by atoms with Crippen molar-refractivity contribution in [3.05, 3.63) is 83.8 Å². The SMILES string of the molecule is C=N/C=C(/c1ccc(O)cc1)N1C=CNC(=NCc2cccc(C)c2)C1. The number of rotatable bonds is 5. The largest absolute Gasteiger partial charge is 0.508 e. The topological polar surface area (TPSA) is 60.2 Å². The molecule has 0 aliphatic carbocycles. The van der Waals surface area contributed by atoms with Crippen LogP contribution >= 0.6 is 0 Å². The first kappa shape index (κ1) is 17.5. The Morgan fingerprint density at radius 2 is 2.08 bits per heavy atom. The molecule has 0 saturated carbocycles. The Hall–Kier alpha value is -3.34. The molecule has 26 heavy (non-hydrogen) atoms. The first-order valence-electron chi connectivity index (χ1n) is 8.40. The molecule has 0 aromatic heterocycles. The number of aryl methyl sites for hydroxylation is 1. The van der Waals surface area contributed by atoms with Crippen LogP contribution in [-0.2, 0) is 6.54 Å². The first-order chi connectivity index (χ1) is 12.7. The van der Waals surface area contributed by atoms with Crippen molar-refractivity contribution in [2.45, 2.75) is 13.5 Å². The van der Waals surface area contributed by atoms with Gasteiger partial charge in [0.1, 0.15) is 11.6 Å². The molecule has 2 aromatic carbocycles. The highest BCUT2D eigenvalue weighted by molar-refractivity contribution is 5.87. The van der Waals surface area contributed by atoms with Crippen LogP contribution in [0.4, 0.5) is 0 Å². The van der Waals surface area contributed by atoms with E-state index in [4.69, 9.17) is 4.99 Å². The summed E-state index contributed by atoms with van der Waals surface area (Å²) >= 11 is 0. The van der Waals surface area contributed by atoms with E-state index in [1.54, 1.807) is 18.3 Å². The standard InChI is InChI=1S/C21H22N4O/c1-16-4-3-5-17(12-16)13-24-21-15-25(11-10-23-21)20(14-22-2)18-6-8-19(26)9-7-18/h3-12,14,26H,2,13,15H2,1H3,(H,23,24)/b20-14-. The van der Waals surface area contributed by atoms with Gasteiger partial charge in [-0.15, -0.1) is 0 Å². The Morgan fingerprint density at radius 1 is 1.27 bits per heavy atom. The van der Waals surface area contributed by atoms with Crippen molar-refractivity contribution in [3.8, 4) is 5.75 Å². The molecule has 3 rings (SSSR count). The maximum Gasteiger partial charge on any atom is 0.121 e. The minimum Gasteiger partial charge on any atom is -0.508 e. The lowest BCUT2D eigenvalue weighted by Gasteiger charge is -2.27. The summed E-state index contributed by atoms with van der Waals surface area (Å²) in [5.41, 5.74) is 4.25. The molecule has 0 spiro atoms. The number of benzene rings is 2. The molecule has 5 nitrogen and oxygen atoms in total. The summed E-state index contributed by atoms with van der Waals surface area (Å²) in [6, 6.07) is 15.4. The predicted molar refractivity (Wildman–Crippen MR) is 107 cm³/mol. The molecule has 0 bridgehead atoms. The van der Waals surface area contributed by atoms with E-state index < -0.39 is 0 Å². The highest BCUT2D eigenvalue weighted by atomic mass is 16.3. The predicted octanol–water partition coefficient (Wildman–Crippen LogP) is 3.67. The van der Waals surface area contributed by atoms with Crippen LogP contribution in [0.15, 0.2) is 77.1 Å². The van der Waals surface area contributed by atoms with Crippen molar-refractivity contribution < 1.29 is 5.11 Å². The quantitative estimate of drug-likeness (QED) is 0.812. The second-order valence-electron chi connectivity index (χ2n) is 6.08. The Kier molecular flexibility index (Phi) is 5.49. The molecule has 1 heterocycles. The number of aromatic hydroxyl groups is 1. The average molecular weight is 346 g/mol. The van der Waals surface area contributed by atoms with E-state index >= 15 is 0 Å². The third kappa shape index (κ3) is 4.39. The maximum atomic E-state index is 9.51. The van der Waals surface area contributed by atoms with Gasteiger partial charge >= 0.3 is 0 Å². The van der Waals surface area contributed by atoms with E-state index in [9.17, 15) is 5.11 Å². The fraction of sp³-hybridized carbons (Fsp3) is 0.143. The summed E-state index contributed by atoms with van der Waals surface area (Å²) in [4.78, 5) is 10.7. The van der Waals surface area contributed by atoms with E-state index in [1.807, 2.05) is 35.5 Å². The second kappa shape index (κ2) is 8.16. The van der Waals surface area contributed by atoms with E-state index in [1.165, 1.54) is 11.1 Å². The molecule has 132 valence electrons. The maximum absolute atomic E-state index is 9.51. The fourth-order valence-electron chi connectivity index (χ4n) is 2.77. The zero-order valence-electron chi connectivity index (χ0n) is 14.8. The molecule has 0 fully saturated rings. The Morgan fingerprint density at radius 3 is 2.81 bits per heavy atom. The van der Waals surface area contributed by atoms with Crippen LogP contribution < -0.4 is 5.32 Å². The van der Waals surface area contributed by atoms with Crippen molar-refractivity contribution in [2.24, 2.45) is 9.98 Å². The van der Waals surface area contributed by atoms with Gasteiger partial charge in [0.05, 0.1) is 25.0 Å². The number of nitrogens with one attached hydrogen (secondary N) is 1. The van der Waals surface area contributed by atoms with Crippen LogP contribution in [0.3, 0.4) is 0 Å². The lowest BCUT2D eigenvalue weighted by atomic mass is 10.1. The van der Waals surface area contributed by atoms with Gasteiger partial charge in [-0.2, -0.15) is 0 Å². The molecular weight excluding hydrogens is 324 g/mol. The molecular formula is C21H22N4O. The Bertz CT molecular complexity index is 866. The summed E-state index contributed by atoms with van der Waals surface area (Å²) in [5.74, 6) is 1.11. The fourth-order valence-corrected chi connectivity index (χ4v) is 2.77. The summed E-state index contributed by atoms with van der Waals surface area (Å²) in [6.07, 6.45) is 5.51. The summed E-state index contributed by atoms with van der Waals surface area (Å²) < 4.78 is 0. The van der Waals surface area contributed by atoms with Crippen LogP contribution in [0, 0.1) is 6.92 Å². The molecule has 2 N–H and O–H groups in total. The zero-order chi connectivity index (χ0) is 18.4. The molecule has 1 aliphatic rings. The van der Waals surface area contributed by atoms with Gasteiger partial charge < -0.3 is 15.3 Å². The summed E-state index contributed by atoms with van der Waals surface area (Å²) in [7, 11) is 0. The highest BCUT2D eigenvalue weighted by Crippen LogP contribution is 2.23. The monoisotopic (exact) mass is 346 g/mol. The van der Waals surface area contributed by atoms with Crippen LogP contribution in [0.1, 0.15) is 16.7 Å². The van der Waals surface area contributed by atoms with Crippen molar-refractivity contribution >= 4 is 18.3 Å². The van der Waals surface area contributed by atoms with Crippen molar-refractivity contribution in [1.82, 2.24) is 10.2 Å². The van der Waals surface area contributed by atoms with Crippen molar-refractivity contribution in [3.63, 3.8) is 0 Å². The van der Waals surface area contributed by atoms with Gasteiger partial charge in [0.2, 0.25) is 0 Å². The van der Waals surface area contributed by atoms with E-state index in [0.29, 0.717) is 13.1 Å². The van der Waals surface area contributed by atoms with Gasteiger partial charge in [-0.25, -0.2) is 0 Å². The Balaban J connectivity index is 1.77. The number of aliphatic imine (C=N–C) groups is 2. The molecule has 2 aromatic rings. The van der Waals surface area contributed by atoms with Gasteiger partial charge in [0.25, 0.3) is 0 Å². The molecule has 0 atom stereocenters. The van der Waals surface area contributed by atoms with Gasteiger partial charge in [0, 0.05) is 12.4 Å². The minimum atomic E-state index is 0.232. The third-order valence-corrected chi connectivity index (χ3v) is 4.05. The number of nitrogens with zero attached hydrogens (tertiary/aromatic N) is 3. The second-order valence-corrected chi connectivity index (χ2v) is 6.08. The van der Waals surface area contributed by atoms with E-state index in [2.05, 4.69) is 42.1 Å². The normalized spacial score (nSPS) is 15.8. The van der Waals surface area contributed by atoms with Gasteiger partial charge in [0.15, 0.2) is 0 Å². The molecule has 0 saturated heterocycles. The van der Waals surface area contributed by atoms with Crippen LogP contribution in [0.2, 0.25) is 0 Å². The number of phenols is 1. The Labute approximate surface area is 153 Å². The molecule has 0 amide bonds. The summed E-state index contributed by atoms with van der Waals surface area (Å²) in [5, 5.41) is 12.7. The molecule has 0 unspecified atom stereocenters. The van der Waals surface area contributed by atoms with E-state index in [-0.39, 0.29) is 5.75 Å². The minimum absolute atomic E-state index is 0.232. The van der Waals surface area contributed by atoms with Gasteiger partial charge in [-0.05, 0) is 49.0 Å². The number of phenolic OH excluding ortho intramolecular Hbond substituents is 1. The smallest absolute Gasteiger partial charge is 0.121 e. The third-order valence-electron chi connectivity index (χ3n) is 4.05. The lowest BCUT2D eigenvalue weighted by Crippen LogP contribution is -2.36. The molecule has 5 heteroatoms. The zero-order valence-corrected chi connectivity index (χ0v) is 14.8. The van der Waals surface area contributed by atoms with Crippen molar-refractivity contribution in [1.29, 1.82) is 0 Å². The van der Waals surface area contributed by atoms with Crippen LogP contribution in [0.5, 0.6) is 5.75 Å². The number of hydrogen-bond acceptors (Lipinski definition) is 4. The molecule has 1 aliphatic heterocycles. The number of hydrogen-bond donors (Lipinski definition) is 2. The van der Waals surface area contributed by atoms with Crippen LogP contribution in [-0.4, -0.2) is 29.1 Å². The highest BCUT2D eigenvalue weighted by Gasteiger charge is 2.15. The van der Waals surface area contributed by atoms with E-state index in [0.717, 1.165) is 17.1 Å². The van der Waals surface area contributed by atoms with Crippen molar-refractivity contribution in [2.75, 3.05) is 6.54 Å². The summed E-state index contributed by atoms with van der Waals surface area (Å²) in [6.45, 7) is 6.88. The van der Waals surface area contributed by atoms with Gasteiger partial charge in [-0.1, -0.05) is 29.8 Å². The number of amidine groups is 1. The lowest BCUT2D eigenvalue weighted by molar-refractivity contribution is 0.475. The van der Waals surface area contributed by atoms with Crippen LogP contribution in [0.25, 0.3) is 5.70 Å². The molecule has 0 radical (unpaired) electrons. The average Bonchev–Trinajstić information content (AvgIpc) is 2.66.